The lowest BCUT2D eigenvalue weighted by Crippen LogP contribution is -2.19. The summed E-state index contributed by atoms with van der Waals surface area (Å²) < 4.78 is 9.82. The second kappa shape index (κ2) is 8.07. The molecule has 4 aromatic rings. The van der Waals surface area contributed by atoms with Gasteiger partial charge in [-0.15, -0.1) is 0 Å². The summed E-state index contributed by atoms with van der Waals surface area (Å²) in [5.74, 6) is 1.57. The van der Waals surface area contributed by atoms with E-state index in [1.54, 1.807) is 16.9 Å². The van der Waals surface area contributed by atoms with Gasteiger partial charge in [0.15, 0.2) is 5.82 Å². The first kappa shape index (κ1) is 20.2. The lowest BCUT2D eigenvalue weighted by molar-refractivity contribution is 0.102. The number of fused-ring (bicyclic) bond motifs is 7. The third-order valence-electron chi connectivity index (χ3n) is 5.67. The molecule has 32 heavy (non-hydrogen) atoms. The average molecular weight is 432 g/mol. The molecule has 2 bridgehead atoms. The van der Waals surface area contributed by atoms with Crippen molar-refractivity contribution in [1.29, 1.82) is 0 Å². The number of nitrogens with one attached hydrogen (secondary N) is 1. The van der Waals surface area contributed by atoms with Crippen LogP contribution in [0.25, 0.3) is 22.4 Å². The number of hydrogen-bond donors (Lipinski definition) is 1. The molecule has 164 valence electrons. The van der Waals surface area contributed by atoms with Gasteiger partial charge < -0.3 is 9.30 Å². The van der Waals surface area contributed by atoms with Crippen molar-refractivity contribution in [2.24, 2.45) is 13.0 Å². The molecule has 0 spiro atoms. The number of hydrogen-bond acceptors (Lipinski definition) is 6. The minimum atomic E-state index is -0.331. The quantitative estimate of drug-likeness (QED) is 0.457. The fourth-order valence-electron chi connectivity index (χ4n) is 4.08. The highest BCUT2D eigenvalue weighted by Gasteiger charge is 2.21. The molecule has 0 aliphatic carbocycles. The Morgan fingerprint density at radius 1 is 1.19 bits per heavy atom. The highest BCUT2D eigenvalue weighted by Crippen LogP contribution is 2.28. The minimum absolute atomic E-state index is 0.267. The zero-order valence-corrected chi connectivity index (χ0v) is 18.4. The number of nitrogens with zero attached hydrogens (tertiary/aromatic N) is 6. The number of aromatic nitrogens is 6. The van der Waals surface area contributed by atoms with Gasteiger partial charge >= 0.3 is 0 Å². The van der Waals surface area contributed by atoms with Gasteiger partial charge in [0.2, 0.25) is 11.8 Å². The van der Waals surface area contributed by atoms with Gasteiger partial charge in [-0.2, -0.15) is 5.10 Å². The van der Waals surface area contributed by atoms with E-state index >= 15 is 0 Å². The number of para-hydroxylation sites is 2. The maximum atomic E-state index is 13.2. The second-order valence-corrected chi connectivity index (χ2v) is 8.29. The molecule has 1 aromatic carbocycles. The SMILES string of the molecule is Cc1cc2nc(n1)-c1cnn(C)c1OCCC[C@@H](C)Cn1c(nc3ccccc31)NC2=O. The van der Waals surface area contributed by atoms with Gasteiger partial charge in [0, 0.05) is 19.3 Å². The fraction of sp³-hybridized carbons (Fsp3) is 0.348. The van der Waals surface area contributed by atoms with Gasteiger partial charge in [-0.05, 0) is 43.9 Å². The van der Waals surface area contributed by atoms with Crippen LogP contribution in [-0.4, -0.2) is 41.8 Å². The van der Waals surface area contributed by atoms with Crippen molar-refractivity contribution in [1.82, 2.24) is 29.3 Å². The smallest absolute Gasteiger partial charge is 0.276 e. The summed E-state index contributed by atoms with van der Waals surface area (Å²) in [6, 6.07) is 9.58. The van der Waals surface area contributed by atoms with Crippen molar-refractivity contribution in [3.05, 3.63) is 47.9 Å². The first-order valence-corrected chi connectivity index (χ1v) is 10.8. The molecule has 1 N–H and O–H groups in total. The summed E-state index contributed by atoms with van der Waals surface area (Å²) in [4.78, 5) is 26.9. The highest BCUT2D eigenvalue weighted by atomic mass is 16.5. The average Bonchev–Trinajstić information content (AvgIpc) is 3.30. The van der Waals surface area contributed by atoms with Crippen molar-refractivity contribution >= 4 is 22.9 Å². The molecule has 9 heteroatoms. The minimum Gasteiger partial charge on any atom is -0.477 e. The van der Waals surface area contributed by atoms with Gasteiger partial charge in [0.25, 0.3) is 5.91 Å². The highest BCUT2D eigenvalue weighted by molar-refractivity contribution is 6.03. The molecule has 0 unspecified atom stereocenters. The Hall–Kier alpha value is -3.75. The summed E-state index contributed by atoms with van der Waals surface area (Å²) in [5.41, 5.74) is 3.46. The van der Waals surface area contributed by atoms with Gasteiger partial charge in [0.05, 0.1) is 23.8 Å². The van der Waals surface area contributed by atoms with E-state index in [9.17, 15) is 4.79 Å². The number of benzene rings is 1. The van der Waals surface area contributed by atoms with Crippen LogP contribution in [0.2, 0.25) is 0 Å². The summed E-state index contributed by atoms with van der Waals surface area (Å²) in [6.45, 7) is 5.33. The number of imidazole rings is 1. The Bertz CT molecular complexity index is 1310. The molecule has 1 aliphatic rings. The molecular formula is C23H25N7O2. The number of ether oxygens (including phenoxy) is 1. The monoisotopic (exact) mass is 431 g/mol. The molecule has 0 radical (unpaired) electrons. The summed E-state index contributed by atoms with van der Waals surface area (Å²) in [5, 5.41) is 7.29. The number of carbonyl (C=O) groups is 1. The van der Waals surface area contributed by atoms with Crippen molar-refractivity contribution in [2.45, 2.75) is 33.2 Å². The topological polar surface area (TPSA) is 99.8 Å². The zero-order chi connectivity index (χ0) is 22.2. The van der Waals surface area contributed by atoms with Crippen LogP contribution in [0.15, 0.2) is 36.5 Å². The maximum Gasteiger partial charge on any atom is 0.276 e. The van der Waals surface area contributed by atoms with Gasteiger partial charge in [-0.1, -0.05) is 19.1 Å². The molecule has 4 heterocycles. The number of amides is 1. The number of carbonyl (C=O) groups excluding carboxylic acids is 1. The van der Waals surface area contributed by atoms with Crippen LogP contribution in [0.3, 0.4) is 0 Å². The van der Waals surface area contributed by atoms with Crippen molar-refractivity contribution in [2.75, 3.05) is 11.9 Å². The Morgan fingerprint density at radius 2 is 2.03 bits per heavy atom. The lowest BCUT2D eigenvalue weighted by atomic mass is 10.1. The van der Waals surface area contributed by atoms with Gasteiger partial charge in [0.1, 0.15) is 11.3 Å². The number of anilines is 1. The molecule has 0 saturated carbocycles. The van der Waals surface area contributed by atoms with E-state index in [1.807, 2.05) is 38.2 Å². The lowest BCUT2D eigenvalue weighted by Gasteiger charge is -2.16. The molecular weight excluding hydrogens is 406 g/mol. The summed E-state index contributed by atoms with van der Waals surface area (Å²) in [7, 11) is 1.82. The largest absolute Gasteiger partial charge is 0.477 e. The summed E-state index contributed by atoms with van der Waals surface area (Å²) >= 11 is 0. The molecule has 1 amide bonds. The Labute approximate surface area is 185 Å². The van der Waals surface area contributed by atoms with Crippen LogP contribution in [0.4, 0.5) is 5.95 Å². The van der Waals surface area contributed by atoms with E-state index in [2.05, 4.69) is 36.9 Å². The summed E-state index contributed by atoms with van der Waals surface area (Å²) in [6.07, 6.45) is 3.53. The van der Waals surface area contributed by atoms with Gasteiger partial charge in [-0.25, -0.2) is 19.6 Å². The number of aryl methyl sites for hydroxylation is 2. The molecule has 0 saturated heterocycles. The third kappa shape index (κ3) is 3.70. The van der Waals surface area contributed by atoms with Crippen molar-refractivity contribution in [3.63, 3.8) is 0 Å². The van der Waals surface area contributed by atoms with Crippen LogP contribution in [-0.2, 0) is 13.6 Å². The molecule has 9 nitrogen and oxygen atoms in total. The Kier molecular flexibility index (Phi) is 5.08. The third-order valence-corrected chi connectivity index (χ3v) is 5.67. The van der Waals surface area contributed by atoms with E-state index < -0.39 is 0 Å². The molecule has 3 aromatic heterocycles. The van der Waals surface area contributed by atoms with E-state index in [0.29, 0.717) is 41.4 Å². The first-order chi connectivity index (χ1) is 15.5. The Morgan fingerprint density at radius 3 is 2.91 bits per heavy atom. The van der Waals surface area contributed by atoms with Crippen molar-refractivity contribution < 1.29 is 9.53 Å². The standard InChI is InChI=1S/C23H25N7O2/c1-14-7-6-10-32-22-16(12-24-29(22)3)20-25-15(2)11-18(26-20)21(31)28-23-27-17-8-4-5-9-19(17)30(23)13-14/h4-5,8-9,11-12,14H,6-7,10,13H2,1-3H3,(H,27,28,31)/t14-/m1/s1. The Balaban J connectivity index is 1.62. The van der Waals surface area contributed by atoms with E-state index in [1.165, 1.54) is 0 Å². The normalized spacial score (nSPS) is 17.0. The van der Waals surface area contributed by atoms with Crippen LogP contribution >= 0.6 is 0 Å². The van der Waals surface area contributed by atoms with Crippen LogP contribution in [0.5, 0.6) is 5.88 Å². The number of rotatable bonds is 0. The van der Waals surface area contributed by atoms with Crippen LogP contribution < -0.4 is 10.1 Å². The van der Waals surface area contributed by atoms with E-state index in [-0.39, 0.29) is 11.6 Å². The van der Waals surface area contributed by atoms with E-state index in [0.717, 1.165) is 30.4 Å². The van der Waals surface area contributed by atoms with Crippen molar-refractivity contribution in [3.8, 4) is 17.3 Å². The van der Waals surface area contributed by atoms with Gasteiger partial charge in [-0.3, -0.25) is 10.1 Å². The zero-order valence-electron chi connectivity index (χ0n) is 18.4. The molecule has 1 aliphatic heterocycles. The van der Waals surface area contributed by atoms with E-state index in [4.69, 9.17) is 4.74 Å². The fourth-order valence-corrected chi connectivity index (χ4v) is 4.08. The second-order valence-electron chi connectivity index (χ2n) is 8.29. The molecule has 5 rings (SSSR count). The van der Waals surface area contributed by atoms with Crippen LogP contribution in [0, 0.1) is 12.8 Å². The predicted octanol–water partition coefficient (Wildman–Crippen LogP) is 3.60. The molecule has 0 fully saturated rings. The maximum absolute atomic E-state index is 13.2. The predicted molar refractivity (Wildman–Crippen MR) is 121 cm³/mol. The van der Waals surface area contributed by atoms with Crippen LogP contribution in [0.1, 0.15) is 35.9 Å². The molecule has 1 atom stereocenters. The first-order valence-electron chi connectivity index (χ1n) is 10.8.